The maximum atomic E-state index is 5.73. The highest BCUT2D eigenvalue weighted by atomic mass is 127. The largest absolute Gasteiger partial charge is 0.492 e. The number of benzene rings is 1. The highest BCUT2D eigenvalue weighted by Gasteiger charge is 2.00. The number of ether oxygens (including phenoxy) is 2. The summed E-state index contributed by atoms with van der Waals surface area (Å²) in [6.07, 6.45) is 0.966. The summed E-state index contributed by atoms with van der Waals surface area (Å²) in [6.45, 7) is 10.1. The second-order valence-corrected chi connectivity index (χ2v) is 5.55. The van der Waals surface area contributed by atoms with Crippen molar-refractivity contribution < 1.29 is 9.47 Å². The molecule has 0 saturated carbocycles. The van der Waals surface area contributed by atoms with Crippen LogP contribution in [-0.4, -0.2) is 45.9 Å². The number of rotatable bonds is 10. The van der Waals surface area contributed by atoms with E-state index in [1.807, 2.05) is 19.1 Å². The molecular formula is C18H32IN3O2. The van der Waals surface area contributed by atoms with Crippen LogP contribution in [0.25, 0.3) is 0 Å². The van der Waals surface area contributed by atoms with E-state index in [2.05, 4.69) is 41.6 Å². The number of nitrogens with zero attached hydrogens (tertiary/aromatic N) is 1. The van der Waals surface area contributed by atoms with Crippen molar-refractivity contribution in [2.24, 2.45) is 4.99 Å². The van der Waals surface area contributed by atoms with E-state index in [1.54, 1.807) is 7.05 Å². The number of hydrogen-bond donors (Lipinski definition) is 2. The summed E-state index contributed by atoms with van der Waals surface area (Å²) in [5.41, 5.74) is 1.33. The van der Waals surface area contributed by atoms with Crippen LogP contribution in [0.5, 0.6) is 5.75 Å². The Morgan fingerprint density at radius 3 is 2.33 bits per heavy atom. The maximum absolute atomic E-state index is 5.73. The first-order valence-corrected chi connectivity index (χ1v) is 8.42. The van der Waals surface area contributed by atoms with Crippen molar-refractivity contribution >= 4 is 29.9 Å². The zero-order valence-corrected chi connectivity index (χ0v) is 17.6. The van der Waals surface area contributed by atoms with E-state index in [4.69, 9.17) is 9.47 Å². The van der Waals surface area contributed by atoms with Crippen LogP contribution in [0.3, 0.4) is 0 Å². The third-order valence-electron chi connectivity index (χ3n) is 3.40. The molecule has 1 aromatic rings. The number of halogens is 1. The molecule has 138 valence electrons. The van der Waals surface area contributed by atoms with Crippen LogP contribution in [0.1, 0.15) is 38.7 Å². The lowest BCUT2D eigenvalue weighted by Crippen LogP contribution is -2.39. The molecule has 2 N–H and O–H groups in total. The fraction of sp³-hybridized carbons (Fsp3) is 0.611. The van der Waals surface area contributed by atoms with E-state index in [0.717, 1.165) is 37.9 Å². The lowest BCUT2D eigenvalue weighted by Gasteiger charge is -2.13. The Morgan fingerprint density at radius 2 is 1.75 bits per heavy atom. The van der Waals surface area contributed by atoms with E-state index in [9.17, 15) is 0 Å². The lowest BCUT2D eigenvalue weighted by molar-refractivity contribution is 0.145. The van der Waals surface area contributed by atoms with Gasteiger partial charge in [0.05, 0.1) is 6.54 Å². The standard InChI is InChI=1S/C18H31N3O2.HI/c1-5-22-13-6-11-20-18(19-4)21-12-14-23-17-9-7-16(8-10-17)15(2)3;/h7-10,15H,5-6,11-14H2,1-4H3,(H2,19,20,21);1H. The first kappa shape index (κ1) is 23.0. The van der Waals surface area contributed by atoms with Gasteiger partial charge in [-0.1, -0.05) is 26.0 Å². The molecule has 0 radical (unpaired) electrons. The average Bonchev–Trinajstić information content (AvgIpc) is 2.57. The third-order valence-corrected chi connectivity index (χ3v) is 3.40. The highest BCUT2D eigenvalue weighted by molar-refractivity contribution is 14.0. The topological polar surface area (TPSA) is 54.9 Å². The minimum atomic E-state index is 0. The Hall–Kier alpha value is -1.02. The summed E-state index contributed by atoms with van der Waals surface area (Å²) in [7, 11) is 1.77. The molecule has 0 heterocycles. The number of aliphatic imine (C=N–C) groups is 1. The van der Waals surface area contributed by atoms with Crippen molar-refractivity contribution in [3.8, 4) is 5.75 Å². The molecule has 6 heteroatoms. The monoisotopic (exact) mass is 449 g/mol. The van der Waals surface area contributed by atoms with E-state index in [0.29, 0.717) is 19.1 Å². The normalized spacial score (nSPS) is 11.1. The van der Waals surface area contributed by atoms with Crippen LogP contribution in [0, 0.1) is 0 Å². The molecule has 0 unspecified atom stereocenters. The van der Waals surface area contributed by atoms with Gasteiger partial charge in [0.25, 0.3) is 0 Å². The molecular weight excluding hydrogens is 417 g/mol. The van der Waals surface area contributed by atoms with Crippen molar-refractivity contribution in [1.82, 2.24) is 10.6 Å². The van der Waals surface area contributed by atoms with Gasteiger partial charge in [0.15, 0.2) is 5.96 Å². The van der Waals surface area contributed by atoms with Gasteiger partial charge < -0.3 is 20.1 Å². The molecule has 0 fully saturated rings. The van der Waals surface area contributed by atoms with Gasteiger partial charge in [0.1, 0.15) is 12.4 Å². The second-order valence-electron chi connectivity index (χ2n) is 5.55. The first-order valence-electron chi connectivity index (χ1n) is 8.42. The molecule has 0 saturated heterocycles. The van der Waals surface area contributed by atoms with Crippen LogP contribution < -0.4 is 15.4 Å². The summed E-state index contributed by atoms with van der Waals surface area (Å²) < 4.78 is 11.0. The van der Waals surface area contributed by atoms with Crippen LogP contribution in [0.2, 0.25) is 0 Å². The van der Waals surface area contributed by atoms with Gasteiger partial charge in [-0.15, -0.1) is 24.0 Å². The smallest absolute Gasteiger partial charge is 0.191 e. The van der Waals surface area contributed by atoms with E-state index in [-0.39, 0.29) is 24.0 Å². The van der Waals surface area contributed by atoms with E-state index in [1.165, 1.54) is 5.56 Å². The van der Waals surface area contributed by atoms with Crippen molar-refractivity contribution in [1.29, 1.82) is 0 Å². The Morgan fingerprint density at radius 1 is 1.08 bits per heavy atom. The summed E-state index contributed by atoms with van der Waals surface area (Å²) in [6, 6.07) is 8.28. The molecule has 0 atom stereocenters. The molecule has 1 aromatic carbocycles. The van der Waals surface area contributed by atoms with Gasteiger partial charge in [0.2, 0.25) is 0 Å². The minimum absolute atomic E-state index is 0. The van der Waals surface area contributed by atoms with Gasteiger partial charge in [-0.25, -0.2) is 0 Å². The van der Waals surface area contributed by atoms with Crippen molar-refractivity contribution in [2.75, 3.05) is 40.0 Å². The summed E-state index contributed by atoms with van der Waals surface area (Å²) in [5.74, 6) is 2.24. The fourth-order valence-electron chi connectivity index (χ4n) is 2.03. The lowest BCUT2D eigenvalue weighted by atomic mass is 10.0. The van der Waals surface area contributed by atoms with Gasteiger partial charge in [-0.05, 0) is 37.0 Å². The van der Waals surface area contributed by atoms with Crippen LogP contribution in [0.15, 0.2) is 29.3 Å². The molecule has 0 aliphatic heterocycles. The average molecular weight is 449 g/mol. The van der Waals surface area contributed by atoms with Crippen LogP contribution in [-0.2, 0) is 4.74 Å². The fourth-order valence-corrected chi connectivity index (χ4v) is 2.03. The number of nitrogens with one attached hydrogen (secondary N) is 2. The molecule has 0 bridgehead atoms. The predicted octanol–water partition coefficient (Wildman–Crippen LogP) is 3.40. The molecule has 0 aliphatic rings. The maximum Gasteiger partial charge on any atom is 0.191 e. The molecule has 0 spiro atoms. The quantitative estimate of drug-likeness (QED) is 0.249. The highest BCUT2D eigenvalue weighted by Crippen LogP contribution is 2.18. The molecule has 5 nitrogen and oxygen atoms in total. The van der Waals surface area contributed by atoms with Crippen LogP contribution >= 0.6 is 24.0 Å². The zero-order chi connectivity index (χ0) is 16.9. The van der Waals surface area contributed by atoms with Crippen molar-refractivity contribution in [3.63, 3.8) is 0 Å². The second kappa shape index (κ2) is 14.3. The van der Waals surface area contributed by atoms with Gasteiger partial charge in [-0.2, -0.15) is 0 Å². The Kier molecular flexibility index (Phi) is 13.7. The van der Waals surface area contributed by atoms with Crippen LogP contribution in [0.4, 0.5) is 0 Å². The zero-order valence-electron chi connectivity index (χ0n) is 15.3. The van der Waals surface area contributed by atoms with E-state index < -0.39 is 0 Å². The Balaban J connectivity index is 0.00000529. The SMILES string of the molecule is CCOCCCNC(=NC)NCCOc1ccc(C(C)C)cc1.I. The number of guanidine groups is 1. The molecule has 0 amide bonds. The van der Waals surface area contributed by atoms with Crippen molar-refractivity contribution in [2.45, 2.75) is 33.1 Å². The Bertz CT molecular complexity index is 450. The third kappa shape index (κ3) is 9.97. The predicted molar refractivity (Wildman–Crippen MR) is 112 cm³/mol. The molecule has 1 rings (SSSR count). The summed E-state index contributed by atoms with van der Waals surface area (Å²) in [4.78, 5) is 4.18. The van der Waals surface area contributed by atoms with Gasteiger partial charge >= 0.3 is 0 Å². The minimum Gasteiger partial charge on any atom is -0.492 e. The summed E-state index contributed by atoms with van der Waals surface area (Å²) in [5, 5.41) is 6.48. The molecule has 0 aromatic heterocycles. The van der Waals surface area contributed by atoms with Gasteiger partial charge in [0, 0.05) is 26.8 Å². The Labute approximate surface area is 163 Å². The summed E-state index contributed by atoms with van der Waals surface area (Å²) >= 11 is 0. The molecule has 24 heavy (non-hydrogen) atoms. The van der Waals surface area contributed by atoms with Crippen molar-refractivity contribution in [3.05, 3.63) is 29.8 Å². The first-order chi connectivity index (χ1) is 11.2. The number of hydrogen-bond acceptors (Lipinski definition) is 3. The molecule has 0 aliphatic carbocycles. The van der Waals surface area contributed by atoms with E-state index >= 15 is 0 Å². The van der Waals surface area contributed by atoms with Gasteiger partial charge in [-0.3, -0.25) is 4.99 Å².